The van der Waals surface area contributed by atoms with Crippen LogP contribution in [0.15, 0.2) is 23.3 Å². The van der Waals surface area contributed by atoms with Crippen molar-refractivity contribution in [2.75, 3.05) is 13.2 Å². The van der Waals surface area contributed by atoms with Crippen molar-refractivity contribution in [2.45, 2.75) is 77.9 Å². The minimum Gasteiger partial charge on any atom is -0.393 e. The number of Topliss-reactive ketones (excluding diaryl/α,β-unsaturated/α-hetero) is 1. The molecule has 0 saturated carbocycles. The first kappa shape index (κ1) is 21.1. The van der Waals surface area contributed by atoms with Gasteiger partial charge >= 0.3 is 0 Å². The van der Waals surface area contributed by atoms with Gasteiger partial charge in [0, 0.05) is 6.42 Å². The van der Waals surface area contributed by atoms with Crippen LogP contribution in [0.2, 0.25) is 0 Å². The van der Waals surface area contributed by atoms with Crippen LogP contribution in [-0.4, -0.2) is 40.9 Å². The maximum Gasteiger partial charge on any atom is 0.164 e. The van der Waals surface area contributed by atoms with E-state index in [2.05, 4.69) is 13.0 Å². The summed E-state index contributed by atoms with van der Waals surface area (Å²) in [5.74, 6) is 0.344. The quantitative estimate of drug-likeness (QED) is 0.664. The first-order valence-corrected chi connectivity index (χ1v) is 9.06. The van der Waals surface area contributed by atoms with Crippen molar-refractivity contribution < 1.29 is 19.7 Å². The fraction of sp³-hybridized carbons (Fsp3) is 0.750. The van der Waals surface area contributed by atoms with Gasteiger partial charge in [0.05, 0.1) is 19.3 Å². The third-order valence-electron chi connectivity index (χ3n) is 4.96. The van der Waals surface area contributed by atoms with Crippen molar-refractivity contribution in [1.29, 1.82) is 0 Å². The third kappa shape index (κ3) is 6.88. The standard InChI is InChI=1S/C20H34O4/c1-15(2)7-9-18(22)16(3)6-5-12-20(4)19(23)10-8-17(11-13-21)14-24-20/h7,11,16,18,21-22H,5-6,8-10,12-14H2,1-4H3/t16?,18?,20-/m0/s1. The second-order valence-electron chi connectivity index (χ2n) is 7.44. The summed E-state index contributed by atoms with van der Waals surface area (Å²) in [6, 6.07) is 0. The Morgan fingerprint density at radius 1 is 1.38 bits per heavy atom. The van der Waals surface area contributed by atoms with E-state index in [1.807, 2.05) is 20.8 Å². The molecular formula is C20H34O4. The lowest BCUT2D eigenvalue weighted by Crippen LogP contribution is -2.37. The van der Waals surface area contributed by atoms with E-state index in [0.717, 1.165) is 18.4 Å². The number of ketones is 1. The van der Waals surface area contributed by atoms with E-state index < -0.39 is 5.60 Å². The molecule has 24 heavy (non-hydrogen) atoms. The number of carbonyl (C=O) groups excluding carboxylic acids is 1. The van der Waals surface area contributed by atoms with E-state index in [4.69, 9.17) is 9.84 Å². The molecule has 0 radical (unpaired) electrons. The number of hydrogen-bond donors (Lipinski definition) is 2. The molecule has 138 valence electrons. The number of ether oxygens (including phenoxy) is 1. The minimum atomic E-state index is -0.740. The van der Waals surface area contributed by atoms with Gasteiger partial charge in [0.25, 0.3) is 0 Å². The number of carbonyl (C=O) groups is 1. The Kier molecular flexibility index (Phi) is 8.88. The predicted molar refractivity (Wildman–Crippen MR) is 96.8 cm³/mol. The van der Waals surface area contributed by atoms with Crippen molar-refractivity contribution in [1.82, 2.24) is 0 Å². The normalized spacial score (nSPS) is 26.1. The van der Waals surface area contributed by atoms with Crippen molar-refractivity contribution in [3.05, 3.63) is 23.3 Å². The Hall–Kier alpha value is -0.970. The molecule has 1 aliphatic heterocycles. The van der Waals surface area contributed by atoms with Crippen LogP contribution in [0.1, 0.15) is 66.2 Å². The van der Waals surface area contributed by atoms with Crippen molar-refractivity contribution in [3.8, 4) is 0 Å². The molecule has 0 amide bonds. The maximum absolute atomic E-state index is 12.4. The Bertz CT molecular complexity index is 462. The number of aliphatic hydroxyl groups excluding tert-OH is 2. The average Bonchev–Trinajstić information content (AvgIpc) is 2.66. The van der Waals surface area contributed by atoms with Crippen LogP contribution >= 0.6 is 0 Å². The fourth-order valence-electron chi connectivity index (χ4n) is 2.99. The summed E-state index contributed by atoms with van der Waals surface area (Å²) < 4.78 is 5.89. The van der Waals surface area contributed by atoms with Gasteiger partial charge in [-0.1, -0.05) is 24.6 Å². The van der Waals surface area contributed by atoms with Crippen LogP contribution in [0.3, 0.4) is 0 Å². The first-order valence-electron chi connectivity index (χ1n) is 9.06. The summed E-state index contributed by atoms with van der Waals surface area (Å²) in [6.07, 6.45) is 7.71. The molecule has 0 aliphatic carbocycles. The molecule has 0 aromatic carbocycles. The lowest BCUT2D eigenvalue weighted by atomic mass is 9.88. The molecule has 0 bridgehead atoms. The van der Waals surface area contributed by atoms with Gasteiger partial charge in [-0.05, 0) is 64.4 Å². The van der Waals surface area contributed by atoms with Crippen molar-refractivity contribution >= 4 is 5.78 Å². The number of aliphatic hydroxyl groups is 2. The molecule has 1 heterocycles. The zero-order valence-corrected chi connectivity index (χ0v) is 15.7. The molecule has 1 aliphatic rings. The van der Waals surface area contributed by atoms with E-state index in [9.17, 15) is 9.90 Å². The van der Waals surface area contributed by atoms with Crippen LogP contribution in [0, 0.1) is 5.92 Å². The number of allylic oxidation sites excluding steroid dienone is 1. The number of rotatable bonds is 8. The second kappa shape index (κ2) is 10.1. The van der Waals surface area contributed by atoms with Crippen LogP contribution < -0.4 is 0 Å². The molecule has 2 N–H and O–H groups in total. The van der Waals surface area contributed by atoms with Crippen LogP contribution in [-0.2, 0) is 9.53 Å². The van der Waals surface area contributed by atoms with Crippen LogP contribution in [0.25, 0.3) is 0 Å². The van der Waals surface area contributed by atoms with Crippen LogP contribution in [0.4, 0.5) is 0 Å². The Balaban J connectivity index is 2.48. The van der Waals surface area contributed by atoms with E-state index in [0.29, 0.717) is 32.3 Å². The Morgan fingerprint density at radius 3 is 2.71 bits per heavy atom. The highest BCUT2D eigenvalue weighted by Gasteiger charge is 2.35. The van der Waals surface area contributed by atoms with Gasteiger partial charge in [-0.3, -0.25) is 4.79 Å². The summed E-state index contributed by atoms with van der Waals surface area (Å²) in [6.45, 7) is 8.41. The van der Waals surface area contributed by atoms with E-state index >= 15 is 0 Å². The average molecular weight is 338 g/mol. The minimum absolute atomic E-state index is 0.00924. The largest absolute Gasteiger partial charge is 0.393 e. The third-order valence-corrected chi connectivity index (χ3v) is 4.96. The summed E-state index contributed by atoms with van der Waals surface area (Å²) in [7, 11) is 0. The molecule has 4 heteroatoms. The molecule has 1 saturated heterocycles. The molecule has 1 rings (SSSR count). The molecule has 3 atom stereocenters. The van der Waals surface area contributed by atoms with Gasteiger partial charge in [0.15, 0.2) is 5.78 Å². The smallest absolute Gasteiger partial charge is 0.164 e. The van der Waals surface area contributed by atoms with E-state index in [1.54, 1.807) is 6.08 Å². The fourth-order valence-corrected chi connectivity index (χ4v) is 2.99. The summed E-state index contributed by atoms with van der Waals surface area (Å²) in [5.41, 5.74) is 1.48. The Morgan fingerprint density at radius 2 is 2.08 bits per heavy atom. The molecule has 0 aromatic rings. The van der Waals surface area contributed by atoms with Gasteiger partial charge in [0.2, 0.25) is 0 Å². The predicted octanol–water partition coefficient (Wildman–Crippen LogP) is 3.57. The van der Waals surface area contributed by atoms with Gasteiger partial charge in [-0.15, -0.1) is 0 Å². The van der Waals surface area contributed by atoms with Gasteiger partial charge in [0.1, 0.15) is 5.60 Å². The summed E-state index contributed by atoms with van der Waals surface area (Å²) in [4.78, 5) is 12.4. The first-order chi connectivity index (χ1) is 11.3. The van der Waals surface area contributed by atoms with E-state index in [-0.39, 0.29) is 24.4 Å². The lowest BCUT2D eigenvalue weighted by molar-refractivity contribution is -0.140. The molecule has 2 unspecified atom stereocenters. The van der Waals surface area contributed by atoms with Crippen molar-refractivity contribution in [3.63, 3.8) is 0 Å². The van der Waals surface area contributed by atoms with Gasteiger partial charge in [-0.25, -0.2) is 0 Å². The molecule has 0 aromatic heterocycles. The number of hydrogen-bond acceptors (Lipinski definition) is 4. The topological polar surface area (TPSA) is 66.8 Å². The maximum atomic E-state index is 12.4. The zero-order valence-electron chi connectivity index (χ0n) is 15.7. The summed E-state index contributed by atoms with van der Waals surface area (Å²) >= 11 is 0. The van der Waals surface area contributed by atoms with E-state index in [1.165, 1.54) is 5.57 Å². The van der Waals surface area contributed by atoms with Crippen LogP contribution in [0.5, 0.6) is 0 Å². The highest BCUT2D eigenvalue weighted by atomic mass is 16.5. The zero-order chi connectivity index (χ0) is 18.2. The lowest BCUT2D eigenvalue weighted by Gasteiger charge is -2.27. The van der Waals surface area contributed by atoms with Gasteiger partial charge in [-0.2, -0.15) is 0 Å². The Labute approximate surface area is 146 Å². The molecule has 0 spiro atoms. The molecule has 4 nitrogen and oxygen atoms in total. The highest BCUT2D eigenvalue weighted by Crippen LogP contribution is 2.29. The monoisotopic (exact) mass is 338 g/mol. The highest BCUT2D eigenvalue weighted by molar-refractivity contribution is 5.87. The molecule has 1 fully saturated rings. The summed E-state index contributed by atoms with van der Waals surface area (Å²) in [5, 5.41) is 19.2. The van der Waals surface area contributed by atoms with Crippen molar-refractivity contribution in [2.24, 2.45) is 5.92 Å². The second-order valence-corrected chi connectivity index (χ2v) is 7.44. The molecular weight excluding hydrogens is 304 g/mol. The SMILES string of the molecule is CC(C)=CCC(O)C(C)CCC[C@]1(C)OCC(=CCO)CCC1=O. The van der Waals surface area contributed by atoms with Gasteiger partial charge < -0.3 is 14.9 Å².